The lowest BCUT2D eigenvalue weighted by molar-refractivity contribution is 0.360. The molecule has 14 heavy (non-hydrogen) atoms. The molecule has 0 aliphatic carbocycles. The van der Waals surface area contributed by atoms with E-state index >= 15 is 0 Å². The van der Waals surface area contributed by atoms with Crippen LogP contribution in [-0.4, -0.2) is 17.7 Å². The Morgan fingerprint density at radius 1 is 1.36 bits per heavy atom. The monoisotopic (exact) mass is 212 g/mol. The van der Waals surface area contributed by atoms with Gasteiger partial charge in [0.15, 0.2) is 0 Å². The largest absolute Gasteiger partial charge is 0.345 e. The zero-order valence-corrected chi connectivity index (χ0v) is 9.56. The molecule has 0 atom stereocenters. The van der Waals surface area contributed by atoms with Crippen LogP contribution in [0.4, 0.5) is 0 Å². The Labute approximate surface area is 90.3 Å². The number of halogens is 1. The van der Waals surface area contributed by atoms with Crippen molar-refractivity contribution in [3.8, 4) is 0 Å². The van der Waals surface area contributed by atoms with Gasteiger partial charge in [0.2, 0.25) is 0 Å². The SMILES string of the molecule is Cc1cc(Cl)c(C)n1C1CCNCC1. The summed E-state index contributed by atoms with van der Waals surface area (Å²) in [7, 11) is 0. The molecule has 0 spiro atoms. The van der Waals surface area contributed by atoms with Gasteiger partial charge in [-0.05, 0) is 45.8 Å². The number of nitrogens with zero attached hydrogens (tertiary/aromatic N) is 1. The number of aryl methyl sites for hydroxylation is 1. The predicted octanol–water partition coefficient (Wildman–Crippen LogP) is 2.68. The van der Waals surface area contributed by atoms with E-state index in [-0.39, 0.29) is 0 Å². The Balaban J connectivity index is 2.29. The van der Waals surface area contributed by atoms with E-state index in [1.165, 1.54) is 24.2 Å². The van der Waals surface area contributed by atoms with Crippen molar-refractivity contribution in [3.63, 3.8) is 0 Å². The molecule has 0 saturated carbocycles. The van der Waals surface area contributed by atoms with E-state index < -0.39 is 0 Å². The summed E-state index contributed by atoms with van der Waals surface area (Å²) in [6, 6.07) is 2.71. The normalized spacial score (nSPS) is 18.8. The van der Waals surface area contributed by atoms with Crippen molar-refractivity contribution in [1.29, 1.82) is 0 Å². The van der Waals surface area contributed by atoms with E-state index in [2.05, 4.69) is 29.8 Å². The van der Waals surface area contributed by atoms with Crippen LogP contribution in [0.3, 0.4) is 0 Å². The maximum absolute atomic E-state index is 6.12. The average Bonchev–Trinajstić information content (AvgIpc) is 2.43. The fraction of sp³-hybridized carbons (Fsp3) is 0.636. The Morgan fingerprint density at radius 2 is 2.00 bits per heavy atom. The zero-order chi connectivity index (χ0) is 10.1. The lowest BCUT2D eigenvalue weighted by Crippen LogP contribution is -2.30. The molecule has 1 saturated heterocycles. The standard InChI is InChI=1S/C11H17ClN2/c1-8-7-11(12)9(2)14(8)10-3-5-13-6-4-10/h7,10,13H,3-6H2,1-2H3. The molecule has 0 bridgehead atoms. The third-order valence-electron chi connectivity index (χ3n) is 3.10. The van der Waals surface area contributed by atoms with Crippen molar-refractivity contribution >= 4 is 11.6 Å². The van der Waals surface area contributed by atoms with Crippen molar-refractivity contribution in [1.82, 2.24) is 9.88 Å². The number of nitrogens with one attached hydrogen (secondary N) is 1. The third kappa shape index (κ3) is 1.69. The molecule has 1 aromatic heterocycles. The molecule has 1 aliphatic rings. The second-order valence-corrected chi connectivity index (χ2v) is 4.48. The lowest BCUT2D eigenvalue weighted by atomic mass is 10.1. The molecule has 1 N–H and O–H groups in total. The van der Waals surface area contributed by atoms with Crippen LogP contribution in [0.2, 0.25) is 5.02 Å². The Bertz CT molecular complexity index is 324. The Hall–Kier alpha value is -0.470. The smallest absolute Gasteiger partial charge is 0.0615 e. The molecular formula is C11H17ClN2. The van der Waals surface area contributed by atoms with Crippen LogP contribution < -0.4 is 5.32 Å². The lowest BCUT2D eigenvalue weighted by Gasteiger charge is -2.27. The maximum atomic E-state index is 6.12. The fourth-order valence-electron chi connectivity index (χ4n) is 2.36. The van der Waals surface area contributed by atoms with Crippen molar-refractivity contribution in [2.45, 2.75) is 32.7 Å². The van der Waals surface area contributed by atoms with E-state index in [0.717, 1.165) is 18.1 Å². The summed E-state index contributed by atoms with van der Waals surface area (Å²) in [6.07, 6.45) is 2.43. The minimum Gasteiger partial charge on any atom is -0.345 e. The van der Waals surface area contributed by atoms with Gasteiger partial charge in [-0.1, -0.05) is 11.6 Å². The summed E-state index contributed by atoms with van der Waals surface area (Å²) >= 11 is 6.12. The molecule has 0 aromatic carbocycles. The van der Waals surface area contributed by atoms with Gasteiger partial charge in [0.1, 0.15) is 0 Å². The second-order valence-electron chi connectivity index (χ2n) is 4.07. The fourth-order valence-corrected chi connectivity index (χ4v) is 2.61. The summed E-state index contributed by atoms with van der Waals surface area (Å²) in [6.45, 7) is 6.50. The average molecular weight is 213 g/mol. The van der Waals surface area contributed by atoms with E-state index in [1.54, 1.807) is 0 Å². The quantitative estimate of drug-likeness (QED) is 0.758. The van der Waals surface area contributed by atoms with E-state index in [4.69, 9.17) is 11.6 Å². The van der Waals surface area contributed by atoms with Gasteiger partial charge >= 0.3 is 0 Å². The highest BCUT2D eigenvalue weighted by Gasteiger charge is 2.18. The van der Waals surface area contributed by atoms with Crippen LogP contribution in [0.25, 0.3) is 0 Å². The summed E-state index contributed by atoms with van der Waals surface area (Å²) in [5, 5.41) is 4.29. The van der Waals surface area contributed by atoms with Crippen molar-refractivity contribution in [2.24, 2.45) is 0 Å². The first kappa shape index (κ1) is 10.1. The molecule has 1 aliphatic heterocycles. The second kappa shape index (κ2) is 3.95. The molecule has 1 fully saturated rings. The van der Waals surface area contributed by atoms with Crippen LogP contribution in [0, 0.1) is 13.8 Å². The molecule has 2 nitrogen and oxygen atoms in total. The van der Waals surface area contributed by atoms with Gasteiger partial charge in [-0.3, -0.25) is 0 Å². The summed E-state index contributed by atoms with van der Waals surface area (Å²) in [4.78, 5) is 0. The number of hydrogen-bond acceptors (Lipinski definition) is 1. The topological polar surface area (TPSA) is 17.0 Å². The van der Waals surface area contributed by atoms with Gasteiger partial charge in [0, 0.05) is 17.4 Å². The van der Waals surface area contributed by atoms with Crippen LogP contribution >= 0.6 is 11.6 Å². The highest BCUT2D eigenvalue weighted by Crippen LogP contribution is 2.28. The van der Waals surface area contributed by atoms with Crippen LogP contribution in [-0.2, 0) is 0 Å². The number of aromatic nitrogens is 1. The molecule has 2 rings (SSSR count). The first-order valence-corrected chi connectivity index (χ1v) is 5.62. The van der Waals surface area contributed by atoms with Gasteiger partial charge < -0.3 is 9.88 Å². The molecule has 3 heteroatoms. The molecule has 0 radical (unpaired) electrons. The van der Waals surface area contributed by atoms with Gasteiger partial charge in [-0.15, -0.1) is 0 Å². The molecule has 0 amide bonds. The highest BCUT2D eigenvalue weighted by molar-refractivity contribution is 6.31. The first-order valence-electron chi connectivity index (χ1n) is 5.25. The maximum Gasteiger partial charge on any atom is 0.0615 e. The number of piperidine rings is 1. The van der Waals surface area contributed by atoms with Crippen LogP contribution in [0.15, 0.2) is 6.07 Å². The van der Waals surface area contributed by atoms with Crippen molar-refractivity contribution in [2.75, 3.05) is 13.1 Å². The summed E-state index contributed by atoms with van der Waals surface area (Å²) < 4.78 is 2.39. The molecular weight excluding hydrogens is 196 g/mol. The van der Waals surface area contributed by atoms with E-state index in [1.807, 2.05) is 0 Å². The van der Waals surface area contributed by atoms with Crippen molar-refractivity contribution < 1.29 is 0 Å². The minimum atomic E-state index is 0.642. The predicted molar refractivity (Wildman–Crippen MR) is 60.1 cm³/mol. The minimum absolute atomic E-state index is 0.642. The number of rotatable bonds is 1. The highest BCUT2D eigenvalue weighted by atomic mass is 35.5. The molecule has 2 heterocycles. The Kier molecular flexibility index (Phi) is 2.84. The van der Waals surface area contributed by atoms with Crippen LogP contribution in [0.1, 0.15) is 30.3 Å². The van der Waals surface area contributed by atoms with E-state index in [0.29, 0.717) is 6.04 Å². The summed E-state index contributed by atoms with van der Waals surface area (Å²) in [5.41, 5.74) is 2.51. The van der Waals surface area contributed by atoms with Gasteiger partial charge in [0.25, 0.3) is 0 Å². The molecule has 0 unspecified atom stereocenters. The van der Waals surface area contributed by atoms with Gasteiger partial charge in [-0.25, -0.2) is 0 Å². The van der Waals surface area contributed by atoms with Gasteiger partial charge in [-0.2, -0.15) is 0 Å². The Morgan fingerprint density at radius 3 is 2.50 bits per heavy atom. The number of hydrogen-bond donors (Lipinski definition) is 1. The molecule has 78 valence electrons. The zero-order valence-electron chi connectivity index (χ0n) is 8.81. The summed E-state index contributed by atoms with van der Waals surface area (Å²) in [5.74, 6) is 0. The van der Waals surface area contributed by atoms with E-state index in [9.17, 15) is 0 Å². The molecule has 1 aromatic rings. The van der Waals surface area contributed by atoms with Crippen LogP contribution in [0.5, 0.6) is 0 Å². The first-order chi connectivity index (χ1) is 6.70. The van der Waals surface area contributed by atoms with Crippen molar-refractivity contribution in [3.05, 3.63) is 22.5 Å². The van der Waals surface area contributed by atoms with Gasteiger partial charge in [0.05, 0.1) is 5.02 Å². The third-order valence-corrected chi connectivity index (χ3v) is 3.48.